The van der Waals surface area contributed by atoms with E-state index in [0.717, 1.165) is 0 Å². The molecule has 0 bridgehead atoms. The first-order chi connectivity index (χ1) is 11.7. The topological polar surface area (TPSA) is 67.6 Å². The van der Waals surface area contributed by atoms with Gasteiger partial charge in [0.15, 0.2) is 5.82 Å². The summed E-state index contributed by atoms with van der Waals surface area (Å²) in [7, 11) is 0. The van der Waals surface area contributed by atoms with Gasteiger partial charge in [0.1, 0.15) is 17.6 Å². The molecule has 1 N–H and O–H groups in total. The number of nitrogens with zero attached hydrogens (tertiary/aromatic N) is 2. The van der Waals surface area contributed by atoms with E-state index in [1.807, 2.05) is 11.8 Å². The lowest BCUT2D eigenvalue weighted by atomic mass is 10.0. The molecule has 2 heterocycles. The standard InChI is InChI=1S/C17H20FN3O3/c1-2-14-11-15(20-24-14)19-17(22)16(21-6-8-23-9-7-21)12-4-3-5-13(18)10-12/h3-5,10-11,16H,2,6-9H2,1H3,(H,19,20,22). The summed E-state index contributed by atoms with van der Waals surface area (Å²) in [6, 6.07) is 7.20. The summed E-state index contributed by atoms with van der Waals surface area (Å²) in [5.41, 5.74) is 0.605. The van der Waals surface area contributed by atoms with Crippen LogP contribution in [0.4, 0.5) is 10.2 Å². The average Bonchev–Trinajstić information content (AvgIpc) is 3.04. The van der Waals surface area contributed by atoms with Crippen LogP contribution in [0.5, 0.6) is 0 Å². The fraction of sp³-hybridized carbons (Fsp3) is 0.412. The van der Waals surface area contributed by atoms with Crippen LogP contribution >= 0.6 is 0 Å². The average molecular weight is 333 g/mol. The predicted molar refractivity (Wildman–Crippen MR) is 86.0 cm³/mol. The van der Waals surface area contributed by atoms with E-state index in [9.17, 15) is 9.18 Å². The Labute approximate surface area is 139 Å². The predicted octanol–water partition coefficient (Wildman–Crippen LogP) is 2.39. The third-order valence-electron chi connectivity index (χ3n) is 3.98. The van der Waals surface area contributed by atoms with E-state index in [0.29, 0.717) is 49.9 Å². The van der Waals surface area contributed by atoms with Gasteiger partial charge < -0.3 is 14.6 Å². The Balaban J connectivity index is 1.83. The van der Waals surface area contributed by atoms with Crippen LogP contribution in [0, 0.1) is 5.82 Å². The van der Waals surface area contributed by atoms with Crippen molar-refractivity contribution in [2.24, 2.45) is 0 Å². The molecule has 2 aromatic rings. The minimum absolute atomic E-state index is 0.265. The first-order valence-corrected chi connectivity index (χ1v) is 8.01. The maximum atomic E-state index is 13.6. The van der Waals surface area contributed by atoms with E-state index in [4.69, 9.17) is 9.26 Å². The van der Waals surface area contributed by atoms with Gasteiger partial charge in [0.2, 0.25) is 5.91 Å². The summed E-state index contributed by atoms with van der Waals surface area (Å²) in [4.78, 5) is 14.8. The zero-order valence-electron chi connectivity index (χ0n) is 13.5. The molecule has 1 amide bonds. The van der Waals surface area contributed by atoms with Crippen LogP contribution < -0.4 is 5.32 Å². The smallest absolute Gasteiger partial charge is 0.247 e. The van der Waals surface area contributed by atoms with Crippen LogP contribution in [0.1, 0.15) is 24.3 Å². The van der Waals surface area contributed by atoms with Gasteiger partial charge in [-0.3, -0.25) is 9.69 Å². The lowest BCUT2D eigenvalue weighted by Crippen LogP contribution is -2.44. The molecule has 128 valence electrons. The molecule has 0 aliphatic carbocycles. The SMILES string of the molecule is CCc1cc(NC(=O)C(c2cccc(F)c2)N2CCOCC2)no1. The number of aromatic nitrogens is 1. The van der Waals surface area contributed by atoms with Crippen molar-refractivity contribution in [1.82, 2.24) is 10.1 Å². The number of halogens is 1. The van der Waals surface area contributed by atoms with Crippen molar-refractivity contribution in [3.05, 3.63) is 47.5 Å². The highest BCUT2D eigenvalue weighted by molar-refractivity contribution is 5.94. The quantitative estimate of drug-likeness (QED) is 0.910. The Kier molecular flexibility index (Phi) is 5.22. The second kappa shape index (κ2) is 7.55. The monoisotopic (exact) mass is 333 g/mol. The number of nitrogens with one attached hydrogen (secondary N) is 1. The second-order valence-corrected chi connectivity index (χ2v) is 5.63. The maximum absolute atomic E-state index is 13.6. The molecule has 1 fully saturated rings. The summed E-state index contributed by atoms with van der Waals surface area (Å²) < 4.78 is 24.1. The number of aryl methyl sites for hydroxylation is 1. The minimum atomic E-state index is -0.605. The van der Waals surface area contributed by atoms with Crippen molar-refractivity contribution < 1.29 is 18.4 Å². The highest BCUT2D eigenvalue weighted by Crippen LogP contribution is 2.24. The lowest BCUT2D eigenvalue weighted by molar-refractivity contribution is -0.123. The molecule has 0 saturated carbocycles. The molecule has 1 unspecified atom stereocenters. The Morgan fingerprint density at radius 2 is 2.17 bits per heavy atom. The number of benzene rings is 1. The van der Waals surface area contributed by atoms with Crippen molar-refractivity contribution in [2.75, 3.05) is 31.6 Å². The highest BCUT2D eigenvalue weighted by Gasteiger charge is 2.30. The zero-order chi connectivity index (χ0) is 16.9. The molecule has 24 heavy (non-hydrogen) atoms. The number of hydrogen-bond donors (Lipinski definition) is 1. The van der Waals surface area contributed by atoms with E-state index in [1.54, 1.807) is 18.2 Å². The zero-order valence-corrected chi connectivity index (χ0v) is 13.5. The van der Waals surface area contributed by atoms with Crippen LogP contribution in [0.3, 0.4) is 0 Å². The number of rotatable bonds is 5. The van der Waals surface area contributed by atoms with Crippen molar-refractivity contribution >= 4 is 11.7 Å². The fourth-order valence-corrected chi connectivity index (χ4v) is 2.77. The normalized spacial score (nSPS) is 16.8. The molecular weight excluding hydrogens is 313 g/mol. The number of carbonyl (C=O) groups is 1. The third kappa shape index (κ3) is 3.80. The van der Waals surface area contributed by atoms with Gasteiger partial charge in [0.05, 0.1) is 13.2 Å². The number of anilines is 1. The van der Waals surface area contributed by atoms with Gasteiger partial charge in [-0.25, -0.2) is 4.39 Å². The summed E-state index contributed by atoms with van der Waals surface area (Å²) in [6.45, 7) is 4.24. The van der Waals surface area contributed by atoms with Crippen LogP contribution in [-0.4, -0.2) is 42.3 Å². The Morgan fingerprint density at radius 1 is 1.38 bits per heavy atom. The van der Waals surface area contributed by atoms with Crippen molar-refractivity contribution in [1.29, 1.82) is 0 Å². The maximum Gasteiger partial charge on any atom is 0.247 e. The number of hydrogen-bond acceptors (Lipinski definition) is 5. The summed E-state index contributed by atoms with van der Waals surface area (Å²) in [6.07, 6.45) is 0.694. The minimum Gasteiger partial charge on any atom is -0.379 e. The second-order valence-electron chi connectivity index (χ2n) is 5.63. The highest BCUT2D eigenvalue weighted by atomic mass is 19.1. The van der Waals surface area contributed by atoms with Gasteiger partial charge in [0.25, 0.3) is 0 Å². The van der Waals surface area contributed by atoms with Crippen LogP contribution in [0.15, 0.2) is 34.9 Å². The molecule has 1 aromatic heterocycles. The van der Waals surface area contributed by atoms with Gasteiger partial charge in [-0.1, -0.05) is 24.2 Å². The molecule has 1 atom stereocenters. The lowest BCUT2D eigenvalue weighted by Gasteiger charge is -2.33. The molecule has 1 aliphatic heterocycles. The number of amides is 1. The Morgan fingerprint density at radius 3 is 2.83 bits per heavy atom. The first kappa shape index (κ1) is 16.6. The molecule has 6 nitrogen and oxygen atoms in total. The third-order valence-corrected chi connectivity index (χ3v) is 3.98. The number of carbonyl (C=O) groups excluding carboxylic acids is 1. The molecule has 1 aliphatic rings. The van der Waals surface area contributed by atoms with E-state index in [-0.39, 0.29) is 11.7 Å². The van der Waals surface area contributed by atoms with Gasteiger partial charge >= 0.3 is 0 Å². The van der Waals surface area contributed by atoms with Crippen LogP contribution in [-0.2, 0) is 16.0 Å². The van der Waals surface area contributed by atoms with Gasteiger partial charge in [-0.15, -0.1) is 0 Å². The van der Waals surface area contributed by atoms with Crippen LogP contribution in [0.2, 0.25) is 0 Å². The Hall–Kier alpha value is -2.25. The molecule has 1 saturated heterocycles. The summed E-state index contributed by atoms with van der Waals surface area (Å²) >= 11 is 0. The number of ether oxygens (including phenoxy) is 1. The number of morpholine rings is 1. The molecular formula is C17H20FN3O3. The molecule has 7 heteroatoms. The summed E-state index contributed by atoms with van der Waals surface area (Å²) in [5.74, 6) is 0.428. The molecule has 1 aromatic carbocycles. The van der Waals surface area contributed by atoms with Crippen molar-refractivity contribution in [3.63, 3.8) is 0 Å². The molecule has 0 radical (unpaired) electrons. The van der Waals surface area contributed by atoms with Gasteiger partial charge in [-0.2, -0.15) is 0 Å². The Bertz CT molecular complexity index is 698. The molecule has 3 rings (SSSR count). The first-order valence-electron chi connectivity index (χ1n) is 8.01. The van der Waals surface area contributed by atoms with Crippen molar-refractivity contribution in [3.8, 4) is 0 Å². The van der Waals surface area contributed by atoms with E-state index in [1.165, 1.54) is 12.1 Å². The molecule has 0 spiro atoms. The van der Waals surface area contributed by atoms with Gasteiger partial charge in [-0.05, 0) is 17.7 Å². The largest absolute Gasteiger partial charge is 0.379 e. The fourth-order valence-electron chi connectivity index (χ4n) is 2.77. The summed E-state index contributed by atoms with van der Waals surface area (Å²) in [5, 5.41) is 6.60. The van der Waals surface area contributed by atoms with Crippen LogP contribution in [0.25, 0.3) is 0 Å². The van der Waals surface area contributed by atoms with Crippen molar-refractivity contribution in [2.45, 2.75) is 19.4 Å². The van der Waals surface area contributed by atoms with E-state index < -0.39 is 6.04 Å². The van der Waals surface area contributed by atoms with E-state index >= 15 is 0 Å². The van der Waals surface area contributed by atoms with Gasteiger partial charge in [0, 0.05) is 25.6 Å². The van der Waals surface area contributed by atoms with E-state index in [2.05, 4.69) is 10.5 Å².